The van der Waals surface area contributed by atoms with E-state index in [1.165, 1.54) is 0 Å². The molecule has 0 spiro atoms. The lowest BCUT2D eigenvalue weighted by Gasteiger charge is -2.09. The standard InChI is InChI=1S/C19H24N4O2/c1-23-14-16(13-21-9-4-2-3-8-20)19(22-23)15-6-7-17-18(12-15)25-11-5-10-24-17/h6-7,12,14,21H,2-5,9-11,13H2,1H3. The Morgan fingerprint density at radius 3 is 2.92 bits per heavy atom. The van der Waals surface area contributed by atoms with Gasteiger partial charge in [-0.25, -0.2) is 0 Å². The average molecular weight is 340 g/mol. The molecule has 1 aliphatic rings. The number of hydrogen-bond acceptors (Lipinski definition) is 5. The van der Waals surface area contributed by atoms with Crippen molar-refractivity contribution < 1.29 is 9.47 Å². The third kappa shape index (κ3) is 4.52. The molecular formula is C19H24N4O2. The van der Waals surface area contributed by atoms with E-state index in [-0.39, 0.29) is 0 Å². The van der Waals surface area contributed by atoms with Gasteiger partial charge in [-0.1, -0.05) is 0 Å². The third-order valence-electron chi connectivity index (χ3n) is 4.13. The van der Waals surface area contributed by atoms with Crippen LogP contribution in [0.1, 0.15) is 31.2 Å². The summed E-state index contributed by atoms with van der Waals surface area (Å²) in [5.74, 6) is 1.59. The number of benzene rings is 1. The van der Waals surface area contributed by atoms with Crippen LogP contribution in [0.5, 0.6) is 11.5 Å². The zero-order valence-corrected chi connectivity index (χ0v) is 14.6. The Hall–Kier alpha value is -2.52. The van der Waals surface area contributed by atoms with Gasteiger partial charge in [0.1, 0.15) is 0 Å². The van der Waals surface area contributed by atoms with Crippen LogP contribution in [0.2, 0.25) is 0 Å². The minimum Gasteiger partial charge on any atom is -0.490 e. The largest absolute Gasteiger partial charge is 0.490 e. The number of aryl methyl sites for hydroxylation is 1. The van der Waals surface area contributed by atoms with Crippen LogP contribution >= 0.6 is 0 Å². The molecule has 0 aliphatic carbocycles. The van der Waals surface area contributed by atoms with E-state index >= 15 is 0 Å². The van der Waals surface area contributed by atoms with Gasteiger partial charge in [0, 0.05) is 43.8 Å². The van der Waals surface area contributed by atoms with E-state index < -0.39 is 0 Å². The van der Waals surface area contributed by atoms with Crippen molar-refractivity contribution in [2.45, 2.75) is 32.2 Å². The van der Waals surface area contributed by atoms with Crippen LogP contribution in [0.3, 0.4) is 0 Å². The fraction of sp³-hybridized carbons (Fsp3) is 0.474. The minimum atomic E-state index is 0.622. The van der Waals surface area contributed by atoms with Crippen LogP contribution in [-0.2, 0) is 13.6 Å². The zero-order valence-electron chi connectivity index (χ0n) is 14.6. The molecular weight excluding hydrogens is 316 g/mol. The van der Waals surface area contributed by atoms with E-state index in [4.69, 9.17) is 14.7 Å². The summed E-state index contributed by atoms with van der Waals surface area (Å²) in [4.78, 5) is 0. The number of fused-ring (bicyclic) bond motifs is 1. The van der Waals surface area contributed by atoms with Gasteiger partial charge in [0.15, 0.2) is 11.5 Å². The molecule has 0 atom stereocenters. The highest BCUT2D eigenvalue weighted by atomic mass is 16.5. The first-order chi connectivity index (χ1) is 12.3. The van der Waals surface area contributed by atoms with Gasteiger partial charge in [-0.2, -0.15) is 10.4 Å². The highest BCUT2D eigenvalue weighted by molar-refractivity contribution is 5.66. The number of unbranched alkanes of at least 4 members (excludes halogenated alkanes) is 2. The second-order valence-electron chi connectivity index (χ2n) is 6.18. The first-order valence-corrected chi connectivity index (χ1v) is 8.78. The van der Waals surface area contributed by atoms with Gasteiger partial charge in [0.25, 0.3) is 0 Å². The maximum atomic E-state index is 8.57. The van der Waals surface area contributed by atoms with Crippen molar-refractivity contribution in [3.8, 4) is 28.8 Å². The van der Waals surface area contributed by atoms with Crippen LogP contribution in [0.15, 0.2) is 24.4 Å². The van der Waals surface area contributed by atoms with Gasteiger partial charge in [-0.15, -0.1) is 0 Å². The lowest BCUT2D eigenvalue weighted by molar-refractivity contribution is 0.297. The molecule has 3 rings (SSSR count). The van der Waals surface area contributed by atoms with Crippen LogP contribution in [0.25, 0.3) is 11.3 Å². The van der Waals surface area contributed by atoms with Gasteiger partial charge in [0.2, 0.25) is 0 Å². The van der Waals surface area contributed by atoms with Gasteiger partial charge in [-0.05, 0) is 37.6 Å². The third-order valence-corrected chi connectivity index (χ3v) is 4.13. The number of nitriles is 1. The second-order valence-corrected chi connectivity index (χ2v) is 6.18. The van der Waals surface area contributed by atoms with Crippen LogP contribution in [-0.4, -0.2) is 29.5 Å². The van der Waals surface area contributed by atoms with Crippen molar-refractivity contribution in [3.05, 3.63) is 30.0 Å². The number of rotatable bonds is 7. The van der Waals surface area contributed by atoms with E-state index in [1.54, 1.807) is 0 Å². The van der Waals surface area contributed by atoms with Crippen molar-refractivity contribution in [1.82, 2.24) is 15.1 Å². The average Bonchev–Trinajstić information content (AvgIpc) is 2.84. The summed E-state index contributed by atoms with van der Waals surface area (Å²) in [6.45, 7) is 3.02. The van der Waals surface area contributed by atoms with Crippen molar-refractivity contribution in [2.24, 2.45) is 7.05 Å². The number of nitrogens with zero attached hydrogens (tertiary/aromatic N) is 3. The Morgan fingerprint density at radius 2 is 2.08 bits per heavy atom. The molecule has 1 aliphatic heterocycles. The van der Waals surface area contributed by atoms with E-state index in [9.17, 15) is 0 Å². The van der Waals surface area contributed by atoms with Crippen LogP contribution in [0.4, 0.5) is 0 Å². The molecule has 0 unspecified atom stereocenters. The quantitative estimate of drug-likeness (QED) is 0.785. The smallest absolute Gasteiger partial charge is 0.161 e. The molecule has 0 bridgehead atoms. The van der Waals surface area contributed by atoms with Crippen molar-refractivity contribution >= 4 is 0 Å². The topological polar surface area (TPSA) is 72.1 Å². The van der Waals surface area contributed by atoms with Crippen LogP contribution < -0.4 is 14.8 Å². The lowest BCUT2D eigenvalue weighted by Crippen LogP contribution is -2.14. The molecule has 0 amide bonds. The summed E-state index contributed by atoms with van der Waals surface area (Å²) in [7, 11) is 1.93. The minimum absolute atomic E-state index is 0.622. The van der Waals surface area contributed by atoms with E-state index in [1.807, 2.05) is 36.1 Å². The summed E-state index contributed by atoms with van der Waals surface area (Å²) >= 11 is 0. The molecule has 1 N–H and O–H groups in total. The van der Waals surface area contributed by atoms with Crippen molar-refractivity contribution in [3.63, 3.8) is 0 Å². The van der Waals surface area contributed by atoms with Crippen molar-refractivity contribution in [1.29, 1.82) is 5.26 Å². The molecule has 6 heteroatoms. The Bertz CT molecular complexity index is 748. The number of nitrogens with one attached hydrogen (secondary N) is 1. The molecule has 0 fully saturated rings. The maximum Gasteiger partial charge on any atom is 0.161 e. The molecule has 1 aromatic heterocycles. The molecule has 2 heterocycles. The lowest BCUT2D eigenvalue weighted by atomic mass is 10.1. The van der Waals surface area contributed by atoms with E-state index in [0.717, 1.165) is 60.7 Å². The van der Waals surface area contributed by atoms with E-state index in [2.05, 4.69) is 16.5 Å². The van der Waals surface area contributed by atoms with Crippen molar-refractivity contribution in [2.75, 3.05) is 19.8 Å². The van der Waals surface area contributed by atoms with Gasteiger partial charge >= 0.3 is 0 Å². The molecule has 1 aromatic carbocycles. The molecule has 25 heavy (non-hydrogen) atoms. The predicted octanol–water partition coefficient (Wildman–Crippen LogP) is 3.03. The molecule has 2 aromatic rings. The highest BCUT2D eigenvalue weighted by Crippen LogP contribution is 2.34. The second kappa shape index (κ2) is 8.54. The molecule has 0 saturated carbocycles. The summed E-state index contributed by atoms with van der Waals surface area (Å²) in [5.41, 5.74) is 3.14. The molecule has 6 nitrogen and oxygen atoms in total. The first-order valence-electron chi connectivity index (χ1n) is 8.78. The summed E-state index contributed by atoms with van der Waals surface area (Å²) in [6, 6.07) is 8.19. The SMILES string of the molecule is Cn1cc(CNCCCCC#N)c(-c2ccc3c(c2)OCCCO3)n1. The first kappa shape index (κ1) is 17.3. The monoisotopic (exact) mass is 340 g/mol. The summed E-state index contributed by atoms with van der Waals surface area (Å²) < 4.78 is 13.3. The number of aromatic nitrogens is 2. The molecule has 132 valence electrons. The molecule has 0 saturated heterocycles. The van der Waals surface area contributed by atoms with Crippen LogP contribution in [0, 0.1) is 11.3 Å². The Balaban J connectivity index is 1.70. The summed E-state index contributed by atoms with van der Waals surface area (Å²) in [6.07, 6.45) is 5.50. The summed E-state index contributed by atoms with van der Waals surface area (Å²) in [5, 5.41) is 16.6. The fourth-order valence-electron chi connectivity index (χ4n) is 2.90. The zero-order chi connectivity index (χ0) is 17.5. The van der Waals surface area contributed by atoms with E-state index in [0.29, 0.717) is 19.6 Å². The number of ether oxygens (including phenoxy) is 2. The normalized spacial score (nSPS) is 13.3. The molecule has 0 radical (unpaired) electrons. The fourth-order valence-corrected chi connectivity index (χ4v) is 2.90. The maximum absolute atomic E-state index is 8.57. The Kier molecular flexibility index (Phi) is 5.91. The van der Waals surface area contributed by atoms with Gasteiger partial charge in [-0.3, -0.25) is 4.68 Å². The van der Waals surface area contributed by atoms with Gasteiger partial charge in [0.05, 0.1) is 25.0 Å². The number of hydrogen-bond donors (Lipinski definition) is 1. The predicted molar refractivity (Wildman–Crippen MR) is 95.4 cm³/mol. The Labute approximate surface area is 148 Å². The van der Waals surface area contributed by atoms with Gasteiger partial charge < -0.3 is 14.8 Å². The highest BCUT2D eigenvalue weighted by Gasteiger charge is 2.15. The Morgan fingerprint density at radius 1 is 1.24 bits per heavy atom.